The summed E-state index contributed by atoms with van der Waals surface area (Å²) in [6, 6.07) is 17.6. The number of nitriles is 1. The average molecular weight is 598 g/mol. The Morgan fingerprint density at radius 2 is 1.91 bits per heavy atom. The van der Waals surface area contributed by atoms with E-state index in [1.165, 1.54) is 0 Å². The zero-order valence-corrected chi connectivity index (χ0v) is 25.6. The molecule has 0 bridgehead atoms. The molecule has 3 atom stereocenters. The van der Waals surface area contributed by atoms with Crippen molar-refractivity contribution in [3.8, 4) is 11.8 Å². The van der Waals surface area contributed by atoms with Crippen molar-refractivity contribution in [1.29, 1.82) is 5.26 Å². The smallest absolute Gasteiger partial charge is 0.246 e. The van der Waals surface area contributed by atoms with Gasteiger partial charge in [-0.3, -0.25) is 9.59 Å². The lowest BCUT2D eigenvalue weighted by Gasteiger charge is -2.36. The maximum atomic E-state index is 14.7. The number of rotatable bonds is 9. The van der Waals surface area contributed by atoms with Gasteiger partial charge in [-0.15, -0.1) is 0 Å². The molecule has 230 valence electrons. The first-order valence-corrected chi connectivity index (χ1v) is 14.9. The number of benzene rings is 3. The normalized spacial score (nSPS) is 20.4. The molecule has 0 aromatic heterocycles. The second kappa shape index (κ2) is 13.1. The maximum absolute atomic E-state index is 14.7. The van der Waals surface area contributed by atoms with Gasteiger partial charge in [0.05, 0.1) is 48.2 Å². The van der Waals surface area contributed by atoms with E-state index in [-0.39, 0.29) is 30.8 Å². The molecule has 5 rings (SSSR count). The second-order valence-corrected chi connectivity index (χ2v) is 11.7. The molecule has 10 heteroatoms. The van der Waals surface area contributed by atoms with Gasteiger partial charge in [-0.25, -0.2) is 0 Å². The van der Waals surface area contributed by atoms with E-state index in [2.05, 4.69) is 16.7 Å². The highest BCUT2D eigenvalue weighted by Crippen LogP contribution is 2.40. The van der Waals surface area contributed by atoms with Gasteiger partial charge in [-0.1, -0.05) is 30.3 Å². The maximum Gasteiger partial charge on any atom is 0.246 e. The van der Waals surface area contributed by atoms with E-state index in [9.17, 15) is 19.6 Å². The molecular weight excluding hydrogens is 558 g/mol. The number of likely N-dealkylation sites (N-methyl/N-ethyl adjacent to an activating group) is 1. The first-order valence-electron chi connectivity index (χ1n) is 14.9. The van der Waals surface area contributed by atoms with Gasteiger partial charge < -0.3 is 34.7 Å². The zero-order valence-electron chi connectivity index (χ0n) is 25.6. The summed E-state index contributed by atoms with van der Waals surface area (Å²) in [4.78, 5) is 44.4. The fraction of sp³-hybridized carbons (Fsp3) is 0.412. The molecule has 44 heavy (non-hydrogen) atoms. The number of aldehydes is 1. The summed E-state index contributed by atoms with van der Waals surface area (Å²) in [5, 5.41) is 18.1. The molecular formula is C34H39N5O5. The Hall–Kier alpha value is -4.30. The van der Waals surface area contributed by atoms with Crippen LogP contribution in [-0.2, 0) is 25.7 Å². The molecule has 2 aliphatic heterocycles. The van der Waals surface area contributed by atoms with Gasteiger partial charge in [0.15, 0.2) is 0 Å². The molecule has 0 aliphatic carbocycles. The van der Waals surface area contributed by atoms with Crippen LogP contribution in [-0.4, -0.2) is 69.6 Å². The summed E-state index contributed by atoms with van der Waals surface area (Å²) in [7, 11) is 3.29. The minimum Gasteiger partial charge on any atom is -0.496 e. The summed E-state index contributed by atoms with van der Waals surface area (Å²) in [6.07, 6.45) is 1.95. The molecule has 0 spiro atoms. The van der Waals surface area contributed by atoms with Crippen molar-refractivity contribution in [1.82, 2.24) is 10.6 Å². The van der Waals surface area contributed by atoms with Crippen LogP contribution in [0.1, 0.15) is 37.8 Å². The minimum absolute atomic E-state index is 0.118. The number of fused-ring (bicyclic) bond motifs is 2. The third-order valence-corrected chi connectivity index (χ3v) is 8.94. The molecule has 1 saturated heterocycles. The predicted octanol–water partition coefficient (Wildman–Crippen LogP) is 3.55. The molecule has 2 N–H and O–H groups in total. The molecule has 3 aromatic carbocycles. The van der Waals surface area contributed by atoms with Gasteiger partial charge in [0.25, 0.3) is 0 Å². The first kappa shape index (κ1) is 31.1. The Balaban J connectivity index is 1.69. The van der Waals surface area contributed by atoms with Crippen molar-refractivity contribution in [3.63, 3.8) is 0 Å². The van der Waals surface area contributed by atoms with E-state index in [1.807, 2.05) is 43.3 Å². The Morgan fingerprint density at radius 1 is 1.16 bits per heavy atom. The lowest BCUT2D eigenvalue weighted by Crippen LogP contribution is -2.61. The molecule has 0 radical (unpaired) electrons. The van der Waals surface area contributed by atoms with Crippen LogP contribution in [0.2, 0.25) is 0 Å². The molecule has 10 nitrogen and oxygen atoms in total. The standard InChI is InChI=1S/C34H39N5O5/c1-22-31(37-20-34(2,21-40)36-3)33(42)38(19-27-26-8-6-5-7-24(26)10-12-30(27)43-4)28-11-9-23(18-35)17-29(28)39(22)32(41)25-13-15-44-16-14-25/h5-12,17,21-22,25,31,36-37H,13-16,19-20H2,1-4H3. The van der Waals surface area contributed by atoms with E-state index in [4.69, 9.17) is 9.47 Å². The van der Waals surface area contributed by atoms with Gasteiger partial charge in [-0.2, -0.15) is 5.26 Å². The quantitative estimate of drug-likeness (QED) is 0.359. The van der Waals surface area contributed by atoms with Gasteiger partial charge in [0, 0.05) is 31.2 Å². The number of methoxy groups -OCH3 is 1. The lowest BCUT2D eigenvalue weighted by molar-refractivity contribution is -0.126. The lowest BCUT2D eigenvalue weighted by atomic mass is 9.95. The number of amides is 2. The predicted molar refractivity (Wildman–Crippen MR) is 169 cm³/mol. The number of carbonyl (C=O) groups excluding carboxylic acids is 3. The average Bonchev–Trinajstić information content (AvgIpc) is 3.15. The van der Waals surface area contributed by atoms with Crippen molar-refractivity contribution in [2.45, 2.75) is 50.9 Å². The summed E-state index contributed by atoms with van der Waals surface area (Å²) >= 11 is 0. The molecule has 2 amide bonds. The first-order chi connectivity index (χ1) is 21.2. The SMILES string of the molecule is CNC(C)(C=O)CNC1C(=O)N(Cc2c(OC)ccc3ccccc23)c2ccc(C#N)cc2N(C(=O)C2CCOCC2)C1C. The number of nitrogens with zero attached hydrogens (tertiary/aromatic N) is 3. The van der Waals surface area contributed by atoms with Crippen molar-refractivity contribution >= 4 is 40.2 Å². The largest absolute Gasteiger partial charge is 0.496 e. The Labute approximate surface area is 257 Å². The van der Waals surface area contributed by atoms with Crippen molar-refractivity contribution in [2.75, 3.05) is 43.7 Å². The number of hydrogen-bond donors (Lipinski definition) is 2. The van der Waals surface area contributed by atoms with Gasteiger partial charge in [0.1, 0.15) is 18.1 Å². The van der Waals surface area contributed by atoms with Crippen LogP contribution in [0.5, 0.6) is 5.75 Å². The van der Waals surface area contributed by atoms with E-state index in [0.717, 1.165) is 22.6 Å². The van der Waals surface area contributed by atoms with Crippen molar-refractivity contribution < 1.29 is 23.9 Å². The third kappa shape index (κ3) is 5.91. The van der Waals surface area contributed by atoms with Crippen molar-refractivity contribution in [3.05, 3.63) is 65.7 Å². The summed E-state index contributed by atoms with van der Waals surface area (Å²) < 4.78 is 11.3. The molecule has 3 unspecified atom stereocenters. The highest BCUT2D eigenvalue weighted by molar-refractivity contribution is 6.09. The highest BCUT2D eigenvalue weighted by Gasteiger charge is 2.44. The Kier molecular flexibility index (Phi) is 9.30. The number of nitrogens with one attached hydrogen (secondary N) is 2. The Morgan fingerprint density at radius 3 is 2.59 bits per heavy atom. The summed E-state index contributed by atoms with van der Waals surface area (Å²) in [6.45, 7) is 4.86. The highest BCUT2D eigenvalue weighted by atomic mass is 16.5. The topological polar surface area (TPSA) is 124 Å². The van der Waals surface area contributed by atoms with Crippen LogP contribution in [0.4, 0.5) is 11.4 Å². The number of anilines is 2. The second-order valence-electron chi connectivity index (χ2n) is 11.7. The minimum atomic E-state index is -0.938. The third-order valence-electron chi connectivity index (χ3n) is 8.94. The van der Waals surface area contributed by atoms with Crippen LogP contribution < -0.4 is 25.2 Å². The van der Waals surface area contributed by atoms with Gasteiger partial charge >= 0.3 is 0 Å². The van der Waals surface area contributed by atoms with Crippen LogP contribution >= 0.6 is 0 Å². The number of hydrogen-bond acceptors (Lipinski definition) is 8. The molecule has 2 aliphatic rings. The molecule has 1 fully saturated rings. The van der Waals surface area contributed by atoms with E-state index >= 15 is 0 Å². The van der Waals surface area contributed by atoms with Gasteiger partial charge in [-0.05, 0) is 68.8 Å². The summed E-state index contributed by atoms with van der Waals surface area (Å²) in [5.41, 5.74) is 1.28. The van der Waals surface area contributed by atoms with Gasteiger partial charge in [0.2, 0.25) is 11.8 Å². The molecule has 3 aromatic rings. The summed E-state index contributed by atoms with van der Waals surface area (Å²) in [5.74, 6) is -0.0340. The number of carbonyl (C=O) groups is 3. The Bertz CT molecular complexity index is 1600. The molecule has 2 heterocycles. The fourth-order valence-corrected chi connectivity index (χ4v) is 6.10. The zero-order chi connectivity index (χ0) is 31.4. The van der Waals surface area contributed by atoms with E-state index < -0.39 is 17.6 Å². The van der Waals surface area contributed by atoms with Crippen LogP contribution in [0.25, 0.3) is 10.8 Å². The van der Waals surface area contributed by atoms with Crippen LogP contribution in [0, 0.1) is 17.2 Å². The number of ether oxygens (including phenoxy) is 2. The monoisotopic (exact) mass is 597 g/mol. The fourth-order valence-electron chi connectivity index (χ4n) is 6.10. The molecule has 0 saturated carbocycles. The van der Waals surface area contributed by atoms with Crippen LogP contribution in [0.3, 0.4) is 0 Å². The van der Waals surface area contributed by atoms with Crippen molar-refractivity contribution in [2.24, 2.45) is 5.92 Å². The van der Waals surface area contributed by atoms with E-state index in [1.54, 1.807) is 49.1 Å². The van der Waals surface area contributed by atoms with Crippen LogP contribution in [0.15, 0.2) is 54.6 Å². The van der Waals surface area contributed by atoms with E-state index in [0.29, 0.717) is 48.7 Å².